The van der Waals surface area contributed by atoms with Crippen molar-refractivity contribution in [2.24, 2.45) is 22.4 Å². The van der Waals surface area contributed by atoms with E-state index < -0.39 is 6.04 Å². The zero-order valence-electron chi connectivity index (χ0n) is 13.3. The smallest absolute Gasteiger partial charge is 0.252 e. The van der Waals surface area contributed by atoms with E-state index in [2.05, 4.69) is 15.6 Å². The Morgan fingerprint density at radius 2 is 2.00 bits per heavy atom. The summed E-state index contributed by atoms with van der Waals surface area (Å²) in [5.41, 5.74) is 10.4. The van der Waals surface area contributed by atoms with Crippen molar-refractivity contribution in [3.05, 3.63) is 0 Å². The molecule has 2 atom stereocenters. The SMILES string of the molecule is CC(C)C[C@H](NC(=O)[C@H]1CO1)C(=O)NCCCCN=C(N)N. The quantitative estimate of drug-likeness (QED) is 0.179. The fraction of sp³-hybridized carbons (Fsp3) is 0.786. The van der Waals surface area contributed by atoms with Crippen molar-refractivity contribution in [3.63, 3.8) is 0 Å². The first-order chi connectivity index (χ1) is 10.4. The van der Waals surface area contributed by atoms with Gasteiger partial charge in [0, 0.05) is 13.1 Å². The molecule has 2 amide bonds. The van der Waals surface area contributed by atoms with Crippen molar-refractivity contribution in [3.8, 4) is 0 Å². The third-order valence-corrected chi connectivity index (χ3v) is 3.14. The summed E-state index contributed by atoms with van der Waals surface area (Å²) in [6.07, 6.45) is 1.77. The molecule has 0 aromatic heterocycles. The van der Waals surface area contributed by atoms with Crippen molar-refractivity contribution in [2.75, 3.05) is 19.7 Å². The third kappa shape index (κ3) is 7.82. The van der Waals surface area contributed by atoms with E-state index in [1.165, 1.54) is 0 Å². The Morgan fingerprint density at radius 1 is 1.32 bits per heavy atom. The van der Waals surface area contributed by atoms with E-state index in [-0.39, 0.29) is 23.9 Å². The van der Waals surface area contributed by atoms with Crippen LogP contribution in [-0.4, -0.2) is 49.6 Å². The van der Waals surface area contributed by atoms with E-state index >= 15 is 0 Å². The fourth-order valence-electron chi connectivity index (χ4n) is 1.95. The zero-order valence-corrected chi connectivity index (χ0v) is 13.3. The van der Waals surface area contributed by atoms with Crippen LogP contribution in [0.15, 0.2) is 4.99 Å². The van der Waals surface area contributed by atoms with Crippen molar-refractivity contribution >= 4 is 17.8 Å². The monoisotopic (exact) mass is 313 g/mol. The number of epoxide rings is 1. The molecule has 0 aromatic rings. The van der Waals surface area contributed by atoms with Gasteiger partial charge in [0.25, 0.3) is 5.91 Å². The molecule has 1 aliphatic heterocycles. The second-order valence-corrected chi connectivity index (χ2v) is 5.82. The van der Waals surface area contributed by atoms with Gasteiger partial charge in [-0.3, -0.25) is 14.6 Å². The molecule has 0 spiro atoms. The molecule has 0 unspecified atom stereocenters. The molecule has 0 saturated carbocycles. The lowest BCUT2D eigenvalue weighted by Crippen LogP contribution is -2.48. The molecule has 8 heteroatoms. The maximum Gasteiger partial charge on any atom is 0.252 e. The Bertz CT molecular complexity index is 403. The Balaban J connectivity index is 2.29. The first kappa shape index (κ1) is 18.2. The van der Waals surface area contributed by atoms with E-state index in [1.807, 2.05) is 13.8 Å². The molecule has 1 fully saturated rings. The summed E-state index contributed by atoms with van der Waals surface area (Å²) in [4.78, 5) is 27.8. The summed E-state index contributed by atoms with van der Waals surface area (Å²) in [6, 6.07) is -0.519. The van der Waals surface area contributed by atoms with Crippen LogP contribution < -0.4 is 22.1 Å². The van der Waals surface area contributed by atoms with E-state index in [1.54, 1.807) is 0 Å². The molecule has 22 heavy (non-hydrogen) atoms. The molecule has 0 aromatic carbocycles. The lowest BCUT2D eigenvalue weighted by atomic mass is 10.0. The van der Waals surface area contributed by atoms with Gasteiger partial charge in [0.15, 0.2) is 12.1 Å². The van der Waals surface area contributed by atoms with Gasteiger partial charge in [0.1, 0.15) is 6.04 Å². The predicted molar refractivity (Wildman–Crippen MR) is 84.0 cm³/mol. The number of nitrogens with one attached hydrogen (secondary N) is 2. The van der Waals surface area contributed by atoms with Gasteiger partial charge in [0.2, 0.25) is 5.91 Å². The highest BCUT2D eigenvalue weighted by molar-refractivity contribution is 5.90. The molecule has 1 heterocycles. The van der Waals surface area contributed by atoms with Gasteiger partial charge in [-0.1, -0.05) is 13.8 Å². The van der Waals surface area contributed by atoms with Crippen LogP contribution in [0.2, 0.25) is 0 Å². The number of guanidine groups is 1. The molecule has 0 aliphatic carbocycles. The minimum absolute atomic E-state index is 0.0750. The number of aliphatic imine (C=N–C) groups is 1. The molecule has 1 rings (SSSR count). The number of hydrogen-bond acceptors (Lipinski definition) is 4. The molecular formula is C14H27N5O3. The van der Waals surface area contributed by atoms with Crippen LogP contribution in [0.5, 0.6) is 0 Å². The number of amides is 2. The minimum Gasteiger partial charge on any atom is -0.370 e. The van der Waals surface area contributed by atoms with Crippen molar-refractivity contribution in [2.45, 2.75) is 45.3 Å². The van der Waals surface area contributed by atoms with Crippen molar-refractivity contribution < 1.29 is 14.3 Å². The van der Waals surface area contributed by atoms with E-state index in [0.29, 0.717) is 32.0 Å². The van der Waals surface area contributed by atoms with Gasteiger partial charge >= 0.3 is 0 Å². The fourth-order valence-corrected chi connectivity index (χ4v) is 1.95. The molecule has 0 bridgehead atoms. The number of unbranched alkanes of at least 4 members (excludes halogenated alkanes) is 1. The summed E-state index contributed by atoms with van der Waals surface area (Å²) >= 11 is 0. The number of hydrogen-bond donors (Lipinski definition) is 4. The molecule has 8 nitrogen and oxygen atoms in total. The van der Waals surface area contributed by atoms with Crippen LogP contribution in [-0.2, 0) is 14.3 Å². The molecule has 6 N–H and O–H groups in total. The van der Waals surface area contributed by atoms with Crippen LogP contribution in [0.4, 0.5) is 0 Å². The number of nitrogens with two attached hydrogens (primary N) is 2. The second kappa shape index (κ2) is 9.24. The maximum atomic E-state index is 12.2. The second-order valence-electron chi connectivity index (χ2n) is 5.82. The number of rotatable bonds is 10. The molecule has 1 saturated heterocycles. The average molecular weight is 313 g/mol. The summed E-state index contributed by atoms with van der Waals surface area (Å²) in [5.74, 6) is 0.00202. The lowest BCUT2D eigenvalue weighted by molar-refractivity contribution is -0.129. The Morgan fingerprint density at radius 3 is 2.55 bits per heavy atom. The van der Waals surface area contributed by atoms with E-state index in [9.17, 15) is 9.59 Å². The van der Waals surface area contributed by atoms with Crippen LogP contribution in [0.1, 0.15) is 33.1 Å². The minimum atomic E-state index is -0.519. The predicted octanol–water partition coefficient (Wildman–Crippen LogP) is -0.914. The van der Waals surface area contributed by atoms with Crippen LogP contribution in [0.25, 0.3) is 0 Å². The largest absolute Gasteiger partial charge is 0.370 e. The summed E-state index contributed by atoms with van der Waals surface area (Å²) in [6.45, 7) is 5.53. The topological polar surface area (TPSA) is 135 Å². The molecule has 126 valence electrons. The van der Waals surface area contributed by atoms with Gasteiger partial charge in [-0.2, -0.15) is 0 Å². The first-order valence-electron chi connectivity index (χ1n) is 7.65. The van der Waals surface area contributed by atoms with Gasteiger partial charge in [-0.15, -0.1) is 0 Å². The van der Waals surface area contributed by atoms with Crippen LogP contribution in [0, 0.1) is 5.92 Å². The lowest BCUT2D eigenvalue weighted by Gasteiger charge is -2.19. The van der Waals surface area contributed by atoms with Gasteiger partial charge in [0.05, 0.1) is 6.61 Å². The summed E-state index contributed by atoms with van der Waals surface area (Å²) in [7, 11) is 0. The standard InChI is InChI=1S/C14H27N5O3/c1-9(2)7-10(19-13(21)11-8-22-11)12(20)17-5-3-4-6-18-14(15)16/h9-11H,3-8H2,1-2H3,(H,17,20)(H,19,21)(H4,15,16,18)/t10-,11+/m0/s1. The maximum absolute atomic E-state index is 12.2. The Kier molecular flexibility index (Phi) is 7.65. The van der Waals surface area contributed by atoms with Gasteiger partial charge < -0.3 is 26.8 Å². The van der Waals surface area contributed by atoms with Crippen molar-refractivity contribution in [1.29, 1.82) is 0 Å². The summed E-state index contributed by atoms with van der Waals surface area (Å²) in [5, 5.41) is 5.58. The molecule has 0 radical (unpaired) electrons. The van der Waals surface area contributed by atoms with Crippen molar-refractivity contribution in [1.82, 2.24) is 10.6 Å². The third-order valence-electron chi connectivity index (χ3n) is 3.14. The van der Waals surface area contributed by atoms with E-state index in [4.69, 9.17) is 16.2 Å². The van der Waals surface area contributed by atoms with E-state index in [0.717, 1.165) is 12.8 Å². The summed E-state index contributed by atoms with van der Waals surface area (Å²) < 4.78 is 4.92. The normalized spacial score (nSPS) is 17.7. The Labute approximate surface area is 131 Å². The van der Waals surface area contributed by atoms with Gasteiger partial charge in [-0.05, 0) is 25.2 Å². The van der Waals surface area contributed by atoms with Crippen LogP contribution in [0.3, 0.4) is 0 Å². The number of carbonyl (C=O) groups excluding carboxylic acids is 2. The zero-order chi connectivity index (χ0) is 16.5. The van der Waals surface area contributed by atoms with Crippen LogP contribution >= 0.6 is 0 Å². The van der Waals surface area contributed by atoms with Gasteiger partial charge in [-0.25, -0.2) is 0 Å². The number of carbonyl (C=O) groups is 2. The highest BCUT2D eigenvalue weighted by Gasteiger charge is 2.34. The first-order valence-corrected chi connectivity index (χ1v) is 7.65. The average Bonchev–Trinajstić information content (AvgIpc) is 3.25. The number of nitrogens with zero attached hydrogens (tertiary/aromatic N) is 1. The Hall–Kier alpha value is -1.83. The molecule has 1 aliphatic rings. The number of ether oxygens (including phenoxy) is 1. The molecular weight excluding hydrogens is 286 g/mol. The highest BCUT2D eigenvalue weighted by atomic mass is 16.6. The highest BCUT2D eigenvalue weighted by Crippen LogP contribution is 2.11.